The molecule has 1 aromatic rings. The molecule has 2 heterocycles. The van der Waals surface area contributed by atoms with Crippen LogP contribution >= 0.6 is 11.3 Å². The predicted molar refractivity (Wildman–Crippen MR) is 75.1 cm³/mol. The van der Waals surface area contributed by atoms with Crippen molar-refractivity contribution in [2.75, 3.05) is 26.2 Å². The molecule has 1 fully saturated rings. The van der Waals surface area contributed by atoms with E-state index >= 15 is 0 Å². The highest BCUT2D eigenvalue weighted by Gasteiger charge is 2.32. The molecule has 1 aliphatic heterocycles. The van der Waals surface area contributed by atoms with Crippen molar-refractivity contribution >= 4 is 23.3 Å². The SMILES string of the molecule is CCN(CC)C(CN1C(=O)CNC1=O)c1ccsc1. The highest BCUT2D eigenvalue weighted by Crippen LogP contribution is 2.24. The maximum Gasteiger partial charge on any atom is 0.324 e. The van der Waals surface area contributed by atoms with Crippen LogP contribution in [-0.2, 0) is 4.79 Å². The van der Waals surface area contributed by atoms with Gasteiger partial charge in [-0.15, -0.1) is 0 Å². The van der Waals surface area contributed by atoms with Crippen LogP contribution in [0.25, 0.3) is 0 Å². The topological polar surface area (TPSA) is 52.6 Å². The quantitative estimate of drug-likeness (QED) is 0.807. The summed E-state index contributed by atoms with van der Waals surface area (Å²) in [6.45, 7) is 6.50. The maximum atomic E-state index is 11.7. The van der Waals surface area contributed by atoms with Gasteiger partial charge < -0.3 is 5.32 Å². The Hall–Kier alpha value is -1.40. The summed E-state index contributed by atoms with van der Waals surface area (Å²) in [7, 11) is 0. The molecule has 0 radical (unpaired) electrons. The van der Waals surface area contributed by atoms with Crippen LogP contribution < -0.4 is 5.32 Å². The molecule has 1 aliphatic rings. The lowest BCUT2D eigenvalue weighted by molar-refractivity contribution is -0.125. The van der Waals surface area contributed by atoms with Crippen LogP contribution in [0.5, 0.6) is 0 Å². The van der Waals surface area contributed by atoms with Gasteiger partial charge in [0.15, 0.2) is 0 Å². The third-order valence-corrected chi connectivity index (χ3v) is 4.18. The molecule has 1 aromatic heterocycles. The van der Waals surface area contributed by atoms with E-state index in [1.165, 1.54) is 10.5 Å². The summed E-state index contributed by atoms with van der Waals surface area (Å²) in [5, 5.41) is 6.68. The summed E-state index contributed by atoms with van der Waals surface area (Å²) in [6, 6.07) is 1.86. The Morgan fingerprint density at radius 2 is 2.16 bits per heavy atom. The normalized spacial score (nSPS) is 17.1. The van der Waals surface area contributed by atoms with Gasteiger partial charge in [-0.1, -0.05) is 13.8 Å². The number of nitrogens with one attached hydrogen (secondary N) is 1. The first-order chi connectivity index (χ1) is 9.17. The van der Waals surface area contributed by atoms with Crippen LogP contribution in [0.3, 0.4) is 0 Å². The Bertz CT molecular complexity index is 427. The molecule has 6 heteroatoms. The lowest BCUT2D eigenvalue weighted by Crippen LogP contribution is -2.41. The number of thiophene rings is 1. The first-order valence-corrected chi connectivity index (χ1v) is 7.46. The Kier molecular flexibility index (Phi) is 4.55. The summed E-state index contributed by atoms with van der Waals surface area (Å²) in [5.41, 5.74) is 1.17. The van der Waals surface area contributed by atoms with Gasteiger partial charge in [-0.2, -0.15) is 11.3 Å². The molecular formula is C13H19N3O2S. The van der Waals surface area contributed by atoms with E-state index in [0.717, 1.165) is 13.1 Å². The highest BCUT2D eigenvalue weighted by atomic mass is 32.1. The number of nitrogens with zero attached hydrogens (tertiary/aromatic N) is 2. The molecule has 0 spiro atoms. The van der Waals surface area contributed by atoms with Crippen LogP contribution in [0.1, 0.15) is 25.5 Å². The van der Waals surface area contributed by atoms with Gasteiger partial charge >= 0.3 is 6.03 Å². The predicted octanol–water partition coefficient (Wildman–Crippen LogP) is 1.68. The number of carbonyl (C=O) groups excluding carboxylic acids is 2. The van der Waals surface area contributed by atoms with Crippen molar-refractivity contribution in [3.05, 3.63) is 22.4 Å². The van der Waals surface area contributed by atoms with Crippen LogP contribution in [0.15, 0.2) is 16.8 Å². The van der Waals surface area contributed by atoms with Crippen molar-refractivity contribution < 1.29 is 9.59 Å². The minimum Gasteiger partial charge on any atom is -0.329 e. The summed E-state index contributed by atoms with van der Waals surface area (Å²) in [5.74, 6) is -0.141. The average Bonchev–Trinajstić information content (AvgIpc) is 3.03. The van der Waals surface area contributed by atoms with Gasteiger partial charge in [-0.3, -0.25) is 14.6 Å². The third-order valence-electron chi connectivity index (χ3n) is 3.47. The third kappa shape index (κ3) is 2.96. The second-order valence-corrected chi connectivity index (χ2v) is 5.24. The summed E-state index contributed by atoms with van der Waals surface area (Å²) >= 11 is 1.64. The van der Waals surface area contributed by atoms with E-state index in [0.29, 0.717) is 6.54 Å². The van der Waals surface area contributed by atoms with Crippen molar-refractivity contribution in [3.8, 4) is 0 Å². The number of rotatable bonds is 6. The molecule has 0 bridgehead atoms. The highest BCUT2D eigenvalue weighted by molar-refractivity contribution is 7.07. The van der Waals surface area contributed by atoms with Crippen molar-refractivity contribution in [3.63, 3.8) is 0 Å². The molecule has 1 atom stereocenters. The fourth-order valence-electron chi connectivity index (χ4n) is 2.37. The van der Waals surface area contributed by atoms with Gasteiger partial charge in [0, 0.05) is 0 Å². The van der Waals surface area contributed by atoms with Crippen molar-refractivity contribution in [1.29, 1.82) is 0 Å². The number of imide groups is 1. The second kappa shape index (κ2) is 6.16. The number of carbonyl (C=O) groups is 2. The van der Waals surface area contributed by atoms with E-state index in [4.69, 9.17) is 0 Å². The van der Waals surface area contributed by atoms with Crippen molar-refractivity contribution in [2.24, 2.45) is 0 Å². The molecule has 0 saturated carbocycles. The number of likely N-dealkylation sites (N-methyl/N-ethyl adjacent to an activating group) is 1. The molecule has 3 amide bonds. The molecule has 1 unspecified atom stereocenters. The Morgan fingerprint density at radius 1 is 1.42 bits per heavy atom. The van der Waals surface area contributed by atoms with E-state index < -0.39 is 0 Å². The van der Waals surface area contributed by atoms with Gasteiger partial charge in [0.05, 0.1) is 19.1 Å². The summed E-state index contributed by atoms with van der Waals surface area (Å²) in [4.78, 5) is 27.0. The molecule has 1 N–H and O–H groups in total. The number of urea groups is 1. The Balaban J connectivity index is 2.18. The average molecular weight is 281 g/mol. The number of amides is 3. The Labute approximate surface area is 117 Å². The van der Waals surface area contributed by atoms with E-state index in [1.807, 2.05) is 5.38 Å². The first kappa shape index (κ1) is 14.0. The molecule has 19 heavy (non-hydrogen) atoms. The van der Waals surface area contributed by atoms with Gasteiger partial charge in [-0.25, -0.2) is 4.79 Å². The zero-order chi connectivity index (χ0) is 13.8. The molecule has 104 valence electrons. The lowest BCUT2D eigenvalue weighted by atomic mass is 10.1. The van der Waals surface area contributed by atoms with Crippen LogP contribution in [0, 0.1) is 0 Å². The summed E-state index contributed by atoms with van der Waals surface area (Å²) in [6.07, 6.45) is 0. The molecule has 0 aromatic carbocycles. The van der Waals surface area contributed by atoms with Crippen molar-refractivity contribution in [1.82, 2.24) is 15.1 Å². The second-order valence-electron chi connectivity index (χ2n) is 4.46. The first-order valence-electron chi connectivity index (χ1n) is 6.51. The van der Waals surface area contributed by atoms with Crippen molar-refractivity contribution in [2.45, 2.75) is 19.9 Å². The van der Waals surface area contributed by atoms with Gasteiger partial charge in [-0.05, 0) is 35.5 Å². The fraction of sp³-hybridized carbons (Fsp3) is 0.538. The summed E-state index contributed by atoms with van der Waals surface area (Å²) < 4.78 is 0. The fourth-order valence-corrected chi connectivity index (χ4v) is 3.08. The minimum absolute atomic E-state index is 0.0778. The maximum absolute atomic E-state index is 11.7. The van der Waals surface area contributed by atoms with Gasteiger partial charge in [0.2, 0.25) is 5.91 Å². The van der Waals surface area contributed by atoms with Gasteiger partial charge in [0.25, 0.3) is 0 Å². The molecular weight excluding hydrogens is 262 g/mol. The number of hydrogen-bond acceptors (Lipinski definition) is 4. The zero-order valence-electron chi connectivity index (χ0n) is 11.3. The van der Waals surface area contributed by atoms with Gasteiger partial charge in [0.1, 0.15) is 0 Å². The zero-order valence-corrected chi connectivity index (χ0v) is 12.1. The number of hydrogen-bond donors (Lipinski definition) is 1. The van der Waals surface area contributed by atoms with E-state index in [2.05, 4.69) is 35.5 Å². The van der Waals surface area contributed by atoms with Crippen LogP contribution in [0.4, 0.5) is 4.79 Å². The molecule has 0 aliphatic carbocycles. The largest absolute Gasteiger partial charge is 0.329 e. The van der Waals surface area contributed by atoms with E-state index in [9.17, 15) is 9.59 Å². The van der Waals surface area contributed by atoms with Crippen LogP contribution in [-0.4, -0.2) is 47.9 Å². The monoisotopic (exact) mass is 281 g/mol. The minimum atomic E-state index is -0.280. The molecule has 5 nitrogen and oxygen atoms in total. The molecule has 2 rings (SSSR count). The van der Waals surface area contributed by atoms with E-state index in [-0.39, 0.29) is 24.5 Å². The lowest BCUT2D eigenvalue weighted by Gasteiger charge is -2.31. The molecule has 1 saturated heterocycles. The smallest absolute Gasteiger partial charge is 0.324 e. The Morgan fingerprint density at radius 3 is 2.63 bits per heavy atom. The van der Waals surface area contributed by atoms with Crippen LogP contribution in [0.2, 0.25) is 0 Å². The van der Waals surface area contributed by atoms with E-state index in [1.54, 1.807) is 11.3 Å². The standard InChI is InChI=1S/C13H19N3O2S/c1-3-15(4-2)11(10-5-6-19-9-10)8-16-12(17)7-14-13(16)18/h5-6,9,11H,3-4,7-8H2,1-2H3,(H,14,18).